The van der Waals surface area contributed by atoms with Gasteiger partial charge in [0.05, 0.1) is 11.4 Å². The number of amides is 1. The van der Waals surface area contributed by atoms with Gasteiger partial charge in [0.15, 0.2) is 0 Å². The maximum atomic E-state index is 12.5. The standard InChI is InChI=1S/C18H22N2OS/c1-13-3-4-14(2)16(11-13)12-17(21)20-8-5-15(6-9-20)18-19-7-10-22-18/h3-4,7,10-11,15H,5-6,8-9,12H2,1-2H3. The molecule has 1 saturated heterocycles. The van der Waals surface area contributed by atoms with E-state index >= 15 is 0 Å². The summed E-state index contributed by atoms with van der Waals surface area (Å²) in [6.07, 6.45) is 4.46. The molecular formula is C18H22N2OS. The molecule has 2 heterocycles. The fourth-order valence-electron chi connectivity index (χ4n) is 3.08. The van der Waals surface area contributed by atoms with E-state index in [1.54, 1.807) is 11.3 Å². The zero-order valence-corrected chi connectivity index (χ0v) is 14.0. The molecule has 0 radical (unpaired) electrons. The summed E-state index contributed by atoms with van der Waals surface area (Å²) in [5, 5.41) is 3.26. The van der Waals surface area contributed by atoms with Crippen molar-refractivity contribution >= 4 is 17.2 Å². The highest BCUT2D eigenvalue weighted by molar-refractivity contribution is 7.09. The van der Waals surface area contributed by atoms with Gasteiger partial charge in [0.25, 0.3) is 0 Å². The fraction of sp³-hybridized carbons (Fsp3) is 0.444. The van der Waals surface area contributed by atoms with Gasteiger partial charge in [-0.15, -0.1) is 11.3 Å². The summed E-state index contributed by atoms with van der Waals surface area (Å²) in [6, 6.07) is 6.34. The van der Waals surface area contributed by atoms with Crippen LogP contribution < -0.4 is 0 Å². The van der Waals surface area contributed by atoms with Crippen LogP contribution in [0.15, 0.2) is 29.8 Å². The molecule has 1 aliphatic heterocycles. The average molecular weight is 314 g/mol. The first kappa shape index (κ1) is 15.2. The lowest BCUT2D eigenvalue weighted by Crippen LogP contribution is -2.38. The normalized spacial score (nSPS) is 16.0. The number of hydrogen-bond acceptors (Lipinski definition) is 3. The Morgan fingerprint density at radius 2 is 2.09 bits per heavy atom. The van der Waals surface area contributed by atoms with Crippen molar-refractivity contribution in [3.8, 4) is 0 Å². The zero-order chi connectivity index (χ0) is 15.5. The molecule has 1 aromatic heterocycles. The molecule has 0 unspecified atom stereocenters. The first-order valence-corrected chi connectivity index (χ1v) is 8.75. The molecule has 1 amide bonds. The first-order valence-electron chi connectivity index (χ1n) is 7.87. The summed E-state index contributed by atoms with van der Waals surface area (Å²) in [5.74, 6) is 0.788. The van der Waals surface area contributed by atoms with Gasteiger partial charge in [-0.05, 0) is 37.8 Å². The molecule has 1 aromatic carbocycles. The smallest absolute Gasteiger partial charge is 0.227 e. The number of thiazole rings is 1. The molecule has 0 spiro atoms. The van der Waals surface area contributed by atoms with Crippen LogP contribution >= 0.6 is 11.3 Å². The molecule has 1 fully saturated rings. The van der Waals surface area contributed by atoms with Crippen molar-refractivity contribution in [2.24, 2.45) is 0 Å². The van der Waals surface area contributed by atoms with Crippen molar-refractivity contribution in [2.45, 2.75) is 39.0 Å². The van der Waals surface area contributed by atoms with E-state index < -0.39 is 0 Å². The second-order valence-corrected chi connectivity index (χ2v) is 7.06. The van der Waals surface area contributed by atoms with Crippen LogP contribution in [-0.4, -0.2) is 28.9 Å². The Kier molecular flexibility index (Phi) is 4.57. The van der Waals surface area contributed by atoms with Crippen LogP contribution in [0, 0.1) is 13.8 Å². The molecule has 3 rings (SSSR count). The Bertz CT molecular complexity index is 643. The Morgan fingerprint density at radius 1 is 1.32 bits per heavy atom. The molecule has 2 aromatic rings. The first-order chi connectivity index (χ1) is 10.6. The predicted octanol–water partition coefficient (Wildman–Crippen LogP) is 3.71. The van der Waals surface area contributed by atoms with Gasteiger partial charge >= 0.3 is 0 Å². The molecule has 0 atom stereocenters. The lowest BCUT2D eigenvalue weighted by atomic mass is 9.96. The minimum atomic E-state index is 0.256. The third-order valence-corrected chi connectivity index (χ3v) is 5.43. The topological polar surface area (TPSA) is 33.2 Å². The summed E-state index contributed by atoms with van der Waals surface area (Å²) in [5.41, 5.74) is 3.58. The highest BCUT2D eigenvalue weighted by Crippen LogP contribution is 2.29. The Hall–Kier alpha value is -1.68. The van der Waals surface area contributed by atoms with Gasteiger partial charge in [-0.2, -0.15) is 0 Å². The van der Waals surface area contributed by atoms with Gasteiger partial charge in [-0.25, -0.2) is 4.98 Å². The highest BCUT2D eigenvalue weighted by atomic mass is 32.1. The van der Waals surface area contributed by atoms with Gasteiger partial charge < -0.3 is 4.90 Å². The number of carbonyl (C=O) groups is 1. The van der Waals surface area contributed by atoms with Crippen LogP contribution in [0.2, 0.25) is 0 Å². The Labute approximate surface area is 136 Å². The molecular weight excluding hydrogens is 292 g/mol. The third kappa shape index (κ3) is 3.38. The summed E-state index contributed by atoms with van der Waals surface area (Å²) in [6.45, 7) is 5.87. The quantitative estimate of drug-likeness (QED) is 0.865. The lowest BCUT2D eigenvalue weighted by Gasteiger charge is -2.31. The van der Waals surface area contributed by atoms with Crippen LogP contribution in [0.1, 0.15) is 40.5 Å². The number of carbonyl (C=O) groups excluding carboxylic acids is 1. The minimum absolute atomic E-state index is 0.256. The minimum Gasteiger partial charge on any atom is -0.342 e. The third-order valence-electron chi connectivity index (χ3n) is 4.49. The second kappa shape index (κ2) is 6.61. The van der Waals surface area contributed by atoms with Gasteiger partial charge in [0.1, 0.15) is 0 Å². The van der Waals surface area contributed by atoms with E-state index in [4.69, 9.17) is 0 Å². The van der Waals surface area contributed by atoms with Crippen LogP contribution in [0.5, 0.6) is 0 Å². The van der Waals surface area contributed by atoms with Crippen LogP contribution in [0.4, 0.5) is 0 Å². The number of hydrogen-bond donors (Lipinski definition) is 0. The Balaban J connectivity index is 1.59. The predicted molar refractivity (Wildman–Crippen MR) is 90.3 cm³/mol. The van der Waals surface area contributed by atoms with Crippen molar-refractivity contribution in [3.63, 3.8) is 0 Å². The SMILES string of the molecule is Cc1ccc(C)c(CC(=O)N2CCC(c3nccs3)CC2)c1. The van der Waals surface area contributed by atoms with E-state index in [0.717, 1.165) is 31.5 Å². The number of piperidine rings is 1. The van der Waals surface area contributed by atoms with Crippen molar-refractivity contribution < 1.29 is 4.79 Å². The number of aromatic nitrogens is 1. The molecule has 4 heteroatoms. The Morgan fingerprint density at radius 3 is 2.77 bits per heavy atom. The highest BCUT2D eigenvalue weighted by Gasteiger charge is 2.25. The summed E-state index contributed by atoms with van der Waals surface area (Å²) in [4.78, 5) is 19.0. The second-order valence-electron chi connectivity index (χ2n) is 6.13. The number of benzene rings is 1. The van der Waals surface area contributed by atoms with E-state index in [-0.39, 0.29) is 5.91 Å². The van der Waals surface area contributed by atoms with Gasteiger partial charge in [-0.3, -0.25) is 4.79 Å². The van der Waals surface area contributed by atoms with E-state index in [1.165, 1.54) is 16.1 Å². The van der Waals surface area contributed by atoms with Crippen molar-refractivity contribution in [1.82, 2.24) is 9.88 Å². The van der Waals surface area contributed by atoms with Crippen LogP contribution in [0.3, 0.4) is 0 Å². The molecule has 0 bridgehead atoms. The fourth-order valence-corrected chi connectivity index (χ4v) is 3.89. The van der Waals surface area contributed by atoms with Crippen molar-refractivity contribution in [2.75, 3.05) is 13.1 Å². The number of likely N-dealkylation sites (tertiary alicyclic amines) is 1. The number of nitrogens with zero attached hydrogens (tertiary/aromatic N) is 2. The number of aryl methyl sites for hydroxylation is 2. The maximum absolute atomic E-state index is 12.5. The number of rotatable bonds is 3. The van der Waals surface area contributed by atoms with Gasteiger partial charge in [-0.1, -0.05) is 23.8 Å². The molecule has 3 nitrogen and oxygen atoms in total. The van der Waals surface area contributed by atoms with Crippen LogP contribution in [0.25, 0.3) is 0 Å². The summed E-state index contributed by atoms with van der Waals surface area (Å²) >= 11 is 1.73. The molecule has 0 aliphatic carbocycles. The molecule has 1 aliphatic rings. The maximum Gasteiger partial charge on any atom is 0.227 e. The zero-order valence-electron chi connectivity index (χ0n) is 13.2. The lowest BCUT2D eigenvalue weighted by molar-refractivity contribution is -0.131. The van der Waals surface area contributed by atoms with Crippen LogP contribution in [-0.2, 0) is 11.2 Å². The molecule has 116 valence electrons. The van der Waals surface area contributed by atoms with Gasteiger partial charge in [0, 0.05) is 30.6 Å². The van der Waals surface area contributed by atoms with E-state index in [9.17, 15) is 4.79 Å². The molecule has 22 heavy (non-hydrogen) atoms. The van der Waals surface area contributed by atoms with Crippen molar-refractivity contribution in [3.05, 3.63) is 51.5 Å². The van der Waals surface area contributed by atoms with E-state index in [1.807, 2.05) is 16.5 Å². The van der Waals surface area contributed by atoms with Gasteiger partial charge in [0.2, 0.25) is 5.91 Å². The molecule has 0 saturated carbocycles. The molecule has 0 N–H and O–H groups in total. The average Bonchev–Trinajstić information content (AvgIpc) is 3.05. The van der Waals surface area contributed by atoms with E-state index in [0.29, 0.717) is 12.3 Å². The van der Waals surface area contributed by atoms with E-state index in [2.05, 4.69) is 37.0 Å². The largest absolute Gasteiger partial charge is 0.342 e. The summed E-state index contributed by atoms with van der Waals surface area (Å²) < 4.78 is 0. The monoisotopic (exact) mass is 314 g/mol. The van der Waals surface area contributed by atoms with Crippen molar-refractivity contribution in [1.29, 1.82) is 0 Å². The summed E-state index contributed by atoms with van der Waals surface area (Å²) in [7, 11) is 0.